The van der Waals surface area contributed by atoms with Crippen molar-refractivity contribution in [3.63, 3.8) is 0 Å². The van der Waals surface area contributed by atoms with Gasteiger partial charge in [-0.25, -0.2) is 9.98 Å². The third kappa shape index (κ3) is 3.27. The number of hydrogen-bond acceptors (Lipinski definition) is 5. The molecule has 1 heterocycles. The van der Waals surface area contributed by atoms with Gasteiger partial charge in [0.15, 0.2) is 11.4 Å². The summed E-state index contributed by atoms with van der Waals surface area (Å²) in [5.41, 5.74) is 3.17. The Morgan fingerprint density at radius 3 is 2.96 bits per heavy atom. The van der Waals surface area contributed by atoms with Crippen LogP contribution >= 0.6 is 11.8 Å². The van der Waals surface area contributed by atoms with Crippen LogP contribution in [0, 0.1) is 11.5 Å². The van der Waals surface area contributed by atoms with Gasteiger partial charge in [-0.1, -0.05) is 23.9 Å². The Kier molecular flexibility index (Phi) is 4.17. The maximum absolute atomic E-state index is 9.58. The normalized spacial score (nSPS) is 11.4. The zero-order valence-corrected chi connectivity index (χ0v) is 13.1. The summed E-state index contributed by atoms with van der Waals surface area (Å²) >= 11 is 1.36. The molecule has 3 rings (SSSR count). The minimum atomic E-state index is 0.195. The summed E-state index contributed by atoms with van der Waals surface area (Å²) in [6.07, 6.45) is 3.71. The summed E-state index contributed by atoms with van der Waals surface area (Å²) in [6, 6.07) is 12.5. The van der Waals surface area contributed by atoms with E-state index in [1.807, 2.05) is 36.7 Å². The summed E-state index contributed by atoms with van der Waals surface area (Å²) in [5, 5.41) is 21.3. The molecule has 0 aliphatic carbocycles. The Morgan fingerprint density at radius 2 is 2.22 bits per heavy atom. The number of benzene rings is 2. The zero-order chi connectivity index (χ0) is 16.2. The number of nitrogens with zero attached hydrogens (tertiary/aromatic N) is 3. The Bertz CT molecular complexity index is 926. The monoisotopic (exact) mass is 323 g/mol. The van der Waals surface area contributed by atoms with E-state index in [-0.39, 0.29) is 5.75 Å². The minimum Gasteiger partial charge on any atom is -0.508 e. The summed E-state index contributed by atoms with van der Waals surface area (Å²) < 4.78 is 0. The molecule has 0 spiro atoms. The van der Waals surface area contributed by atoms with Gasteiger partial charge in [-0.3, -0.25) is 5.32 Å². The highest BCUT2D eigenvalue weighted by Gasteiger charge is 2.07. The smallest absolute Gasteiger partial charge is 0.183 e. The number of thioether (sulfide) groups is 1. The highest BCUT2D eigenvalue weighted by molar-refractivity contribution is 8.13. The zero-order valence-electron chi connectivity index (χ0n) is 12.2. The number of aliphatic imine (C=N–C) groups is 1. The molecule has 6 nitrogen and oxygen atoms in total. The largest absolute Gasteiger partial charge is 0.508 e. The van der Waals surface area contributed by atoms with Crippen LogP contribution in [-0.4, -0.2) is 26.5 Å². The van der Waals surface area contributed by atoms with Gasteiger partial charge in [0.25, 0.3) is 0 Å². The number of nitriles is 1. The van der Waals surface area contributed by atoms with Gasteiger partial charge in [0.1, 0.15) is 11.6 Å². The predicted molar refractivity (Wildman–Crippen MR) is 92.6 cm³/mol. The van der Waals surface area contributed by atoms with Crippen molar-refractivity contribution in [3.8, 4) is 23.3 Å². The molecule has 114 valence electrons. The number of aromatic nitrogens is 2. The number of imidazole rings is 1. The molecule has 0 aliphatic rings. The number of fused-ring (bicyclic) bond motifs is 1. The molecule has 1 aromatic heterocycles. The van der Waals surface area contributed by atoms with E-state index in [0.717, 1.165) is 22.3 Å². The van der Waals surface area contributed by atoms with Gasteiger partial charge in [0.2, 0.25) is 0 Å². The fraction of sp³-hybridized carbons (Fsp3) is 0.0625. The van der Waals surface area contributed by atoms with Crippen LogP contribution in [0.15, 0.2) is 47.5 Å². The van der Waals surface area contributed by atoms with Gasteiger partial charge >= 0.3 is 0 Å². The highest BCUT2D eigenvalue weighted by Crippen LogP contribution is 2.26. The van der Waals surface area contributed by atoms with E-state index >= 15 is 0 Å². The molecule has 7 heteroatoms. The van der Waals surface area contributed by atoms with Crippen LogP contribution in [-0.2, 0) is 0 Å². The molecule has 0 unspecified atom stereocenters. The van der Waals surface area contributed by atoms with E-state index in [1.165, 1.54) is 11.8 Å². The van der Waals surface area contributed by atoms with Gasteiger partial charge in [0.05, 0.1) is 16.7 Å². The summed E-state index contributed by atoms with van der Waals surface area (Å²) in [6.45, 7) is 0. The number of phenols is 1. The molecular weight excluding hydrogens is 310 g/mol. The molecule has 0 radical (unpaired) electrons. The predicted octanol–water partition coefficient (Wildman–Crippen LogP) is 3.36. The van der Waals surface area contributed by atoms with Crippen molar-refractivity contribution in [1.82, 2.24) is 15.3 Å². The molecular formula is C16H13N5OS. The lowest BCUT2D eigenvalue weighted by atomic mass is 10.2. The summed E-state index contributed by atoms with van der Waals surface area (Å²) in [4.78, 5) is 12.1. The van der Waals surface area contributed by atoms with E-state index in [9.17, 15) is 5.11 Å². The van der Waals surface area contributed by atoms with E-state index in [1.54, 1.807) is 18.2 Å². The van der Waals surface area contributed by atoms with Gasteiger partial charge in [-0.15, -0.1) is 0 Å². The standard InChI is InChI=1S/C16H13N5OS/c1-23-16(18-9-17)19-11-5-6-13-14(8-11)21-15(20-13)10-3-2-4-12(22)7-10/h2-8,22H,1H3,(H,18,19)(H,20,21). The van der Waals surface area contributed by atoms with Gasteiger partial charge in [-0.05, 0) is 36.6 Å². The van der Waals surface area contributed by atoms with Crippen LogP contribution in [0.25, 0.3) is 22.4 Å². The van der Waals surface area contributed by atoms with Crippen LogP contribution < -0.4 is 5.32 Å². The molecule has 0 aliphatic heterocycles. The van der Waals surface area contributed by atoms with Crippen molar-refractivity contribution < 1.29 is 5.11 Å². The summed E-state index contributed by atoms with van der Waals surface area (Å²) in [5.74, 6) is 0.873. The first-order valence-corrected chi connectivity index (χ1v) is 7.99. The van der Waals surface area contributed by atoms with Crippen LogP contribution in [0.5, 0.6) is 5.75 Å². The van der Waals surface area contributed by atoms with E-state index in [4.69, 9.17) is 5.26 Å². The summed E-state index contributed by atoms with van der Waals surface area (Å²) in [7, 11) is 0. The average Bonchev–Trinajstić information content (AvgIpc) is 2.97. The van der Waals surface area contributed by atoms with Crippen molar-refractivity contribution in [2.45, 2.75) is 0 Å². The van der Waals surface area contributed by atoms with Crippen molar-refractivity contribution in [1.29, 1.82) is 5.26 Å². The first kappa shape index (κ1) is 14.9. The number of nitrogens with one attached hydrogen (secondary N) is 2. The molecule has 2 aromatic carbocycles. The fourth-order valence-corrected chi connectivity index (χ4v) is 2.49. The van der Waals surface area contributed by atoms with Crippen LogP contribution in [0.3, 0.4) is 0 Å². The van der Waals surface area contributed by atoms with E-state index < -0.39 is 0 Å². The Hall–Kier alpha value is -2.98. The van der Waals surface area contributed by atoms with Crippen LogP contribution in [0.2, 0.25) is 0 Å². The van der Waals surface area contributed by atoms with Gasteiger partial charge in [0, 0.05) is 5.56 Å². The van der Waals surface area contributed by atoms with Crippen molar-refractivity contribution >= 4 is 33.7 Å². The third-order valence-electron chi connectivity index (χ3n) is 3.17. The topological polar surface area (TPSA) is 97.1 Å². The maximum atomic E-state index is 9.58. The molecule has 3 N–H and O–H groups in total. The number of hydrogen-bond donors (Lipinski definition) is 3. The number of aromatic hydroxyl groups is 1. The lowest BCUT2D eigenvalue weighted by Crippen LogP contribution is -2.12. The molecule has 0 amide bonds. The molecule has 0 saturated carbocycles. The first-order chi connectivity index (χ1) is 11.2. The van der Waals surface area contributed by atoms with Crippen LogP contribution in [0.1, 0.15) is 0 Å². The van der Waals surface area contributed by atoms with Gasteiger partial charge < -0.3 is 10.1 Å². The minimum absolute atomic E-state index is 0.195. The molecule has 0 atom stereocenters. The quantitative estimate of drug-likeness (QED) is 0.291. The fourth-order valence-electron chi connectivity index (χ4n) is 2.15. The highest BCUT2D eigenvalue weighted by atomic mass is 32.2. The average molecular weight is 323 g/mol. The molecule has 0 bridgehead atoms. The molecule has 0 fully saturated rings. The number of rotatable bonds is 2. The van der Waals surface area contributed by atoms with Crippen molar-refractivity contribution in [2.75, 3.05) is 6.26 Å². The second-order valence-electron chi connectivity index (χ2n) is 4.70. The maximum Gasteiger partial charge on any atom is 0.183 e. The Balaban J connectivity index is 2.00. The lowest BCUT2D eigenvalue weighted by molar-refractivity contribution is 0.475. The molecule has 23 heavy (non-hydrogen) atoms. The van der Waals surface area contributed by atoms with Crippen LogP contribution in [0.4, 0.5) is 5.69 Å². The van der Waals surface area contributed by atoms with Gasteiger partial charge in [-0.2, -0.15) is 5.26 Å². The first-order valence-electron chi connectivity index (χ1n) is 6.76. The Morgan fingerprint density at radius 1 is 1.35 bits per heavy atom. The number of amidine groups is 1. The SMILES string of the molecule is CSC(=Nc1ccc2nc(-c3cccc(O)c3)[nH]c2c1)NC#N. The number of phenolic OH excluding ortho intramolecular Hbond substituents is 1. The Labute approximate surface area is 136 Å². The third-order valence-corrected chi connectivity index (χ3v) is 3.75. The number of aromatic amines is 1. The second-order valence-corrected chi connectivity index (χ2v) is 5.49. The second kappa shape index (κ2) is 6.42. The molecule has 0 saturated heterocycles. The van der Waals surface area contributed by atoms with Crippen molar-refractivity contribution in [2.24, 2.45) is 4.99 Å². The van der Waals surface area contributed by atoms with Crippen molar-refractivity contribution in [3.05, 3.63) is 42.5 Å². The van der Waals surface area contributed by atoms with E-state index in [2.05, 4.69) is 20.3 Å². The van der Waals surface area contributed by atoms with E-state index in [0.29, 0.717) is 11.0 Å². The lowest BCUT2D eigenvalue weighted by Gasteiger charge is -1.99. The molecule has 3 aromatic rings. The number of H-pyrrole nitrogens is 1.